The molecule has 0 radical (unpaired) electrons. The summed E-state index contributed by atoms with van der Waals surface area (Å²) in [7, 11) is -1.34. The van der Waals surface area contributed by atoms with Crippen LogP contribution in [0.5, 0.6) is 0 Å². The van der Waals surface area contributed by atoms with Crippen LogP contribution >= 0.6 is 0 Å². The van der Waals surface area contributed by atoms with E-state index in [2.05, 4.69) is 5.32 Å². The normalized spacial score (nSPS) is 12.2. The third-order valence-electron chi connectivity index (χ3n) is 2.50. The van der Waals surface area contributed by atoms with Crippen LogP contribution in [0, 0.1) is 5.92 Å². The molecule has 0 aliphatic rings. The lowest BCUT2D eigenvalue weighted by molar-refractivity contribution is -0.118. The molecule has 1 amide bonds. The van der Waals surface area contributed by atoms with E-state index in [1.807, 2.05) is 13.8 Å². The minimum Gasteiger partial charge on any atom is -0.478 e. The minimum absolute atomic E-state index is 0.0655. The molecule has 0 fully saturated rings. The molecule has 20 heavy (non-hydrogen) atoms. The van der Waals surface area contributed by atoms with Crippen molar-refractivity contribution < 1.29 is 18.9 Å². The Labute approximate surface area is 120 Å². The van der Waals surface area contributed by atoms with E-state index in [1.54, 1.807) is 12.1 Å². The van der Waals surface area contributed by atoms with Crippen molar-refractivity contribution in [1.82, 2.24) is 5.32 Å². The molecule has 1 atom stereocenters. The molecule has 0 saturated heterocycles. The third kappa shape index (κ3) is 5.97. The lowest BCUT2D eigenvalue weighted by Gasteiger charge is -2.07. The molecule has 1 unspecified atom stereocenters. The number of benzene rings is 1. The number of carbonyl (C=O) groups excluding carboxylic acids is 1. The number of carbonyl (C=O) groups is 2. The highest BCUT2D eigenvalue weighted by atomic mass is 32.2. The maximum Gasteiger partial charge on any atom is 0.335 e. The first kappa shape index (κ1) is 16.4. The van der Waals surface area contributed by atoms with Crippen LogP contribution in [0.25, 0.3) is 0 Å². The SMILES string of the molecule is CC(C)CNC(=O)CS(=O)Cc1cccc(C(=O)O)c1. The van der Waals surface area contributed by atoms with Crippen molar-refractivity contribution in [2.45, 2.75) is 19.6 Å². The number of carboxylic acid groups (broad SMARTS) is 1. The molecule has 0 aromatic heterocycles. The third-order valence-corrected chi connectivity index (χ3v) is 3.74. The molecule has 0 aliphatic heterocycles. The highest BCUT2D eigenvalue weighted by molar-refractivity contribution is 7.84. The Morgan fingerprint density at radius 3 is 2.65 bits per heavy atom. The summed E-state index contributed by atoms with van der Waals surface area (Å²) in [6.45, 7) is 4.52. The van der Waals surface area contributed by atoms with Gasteiger partial charge in [0.2, 0.25) is 5.91 Å². The molecule has 0 heterocycles. The molecule has 110 valence electrons. The summed E-state index contributed by atoms with van der Waals surface area (Å²) in [5.74, 6) is -0.807. The lowest BCUT2D eigenvalue weighted by atomic mass is 10.1. The zero-order chi connectivity index (χ0) is 15.1. The summed E-state index contributed by atoms with van der Waals surface area (Å²) in [6.07, 6.45) is 0. The van der Waals surface area contributed by atoms with Gasteiger partial charge in [-0.2, -0.15) is 0 Å². The Balaban J connectivity index is 2.52. The second-order valence-electron chi connectivity index (χ2n) is 4.93. The van der Waals surface area contributed by atoms with Crippen LogP contribution < -0.4 is 5.32 Å². The molecular weight excluding hydrogens is 278 g/mol. The van der Waals surface area contributed by atoms with E-state index < -0.39 is 16.8 Å². The number of nitrogens with one attached hydrogen (secondary N) is 1. The molecule has 5 nitrogen and oxygen atoms in total. The molecule has 2 N–H and O–H groups in total. The second kappa shape index (κ2) is 7.79. The Hall–Kier alpha value is -1.69. The van der Waals surface area contributed by atoms with Gasteiger partial charge < -0.3 is 10.4 Å². The molecular formula is C14H19NO4S. The first-order valence-electron chi connectivity index (χ1n) is 6.32. The predicted octanol–water partition coefficient (Wildman–Crippen LogP) is 1.41. The van der Waals surface area contributed by atoms with Crippen molar-refractivity contribution in [2.75, 3.05) is 12.3 Å². The predicted molar refractivity (Wildman–Crippen MR) is 78.0 cm³/mol. The van der Waals surface area contributed by atoms with Crippen LogP contribution in [0.15, 0.2) is 24.3 Å². The monoisotopic (exact) mass is 297 g/mol. The smallest absolute Gasteiger partial charge is 0.335 e. The molecule has 0 spiro atoms. The van der Waals surface area contributed by atoms with Gasteiger partial charge in [0.25, 0.3) is 0 Å². The Bertz CT molecular complexity index is 514. The van der Waals surface area contributed by atoms with Gasteiger partial charge in [0.1, 0.15) is 5.75 Å². The van der Waals surface area contributed by atoms with E-state index in [4.69, 9.17) is 5.11 Å². The fourth-order valence-corrected chi connectivity index (χ4v) is 2.59. The number of carboxylic acids is 1. The van der Waals surface area contributed by atoms with Gasteiger partial charge in [-0.05, 0) is 23.6 Å². The van der Waals surface area contributed by atoms with E-state index in [1.165, 1.54) is 12.1 Å². The van der Waals surface area contributed by atoms with Crippen LogP contribution in [0.4, 0.5) is 0 Å². The number of aromatic carboxylic acids is 1. The molecule has 0 aliphatic carbocycles. The lowest BCUT2D eigenvalue weighted by Crippen LogP contribution is -2.31. The zero-order valence-corrected chi connectivity index (χ0v) is 12.4. The number of amides is 1. The summed E-state index contributed by atoms with van der Waals surface area (Å²) in [6, 6.07) is 6.27. The Morgan fingerprint density at radius 2 is 2.05 bits per heavy atom. The molecule has 0 saturated carbocycles. The van der Waals surface area contributed by atoms with Gasteiger partial charge in [-0.15, -0.1) is 0 Å². The van der Waals surface area contributed by atoms with Crippen molar-refractivity contribution >= 4 is 22.7 Å². The van der Waals surface area contributed by atoms with E-state index in [-0.39, 0.29) is 23.0 Å². The summed E-state index contributed by atoms with van der Waals surface area (Å²) < 4.78 is 11.9. The van der Waals surface area contributed by atoms with E-state index in [0.29, 0.717) is 18.0 Å². The van der Waals surface area contributed by atoms with Crippen molar-refractivity contribution in [2.24, 2.45) is 5.92 Å². The van der Waals surface area contributed by atoms with Gasteiger partial charge in [-0.3, -0.25) is 9.00 Å². The highest BCUT2D eigenvalue weighted by Crippen LogP contribution is 2.08. The van der Waals surface area contributed by atoms with Crippen molar-refractivity contribution in [3.05, 3.63) is 35.4 Å². The fraction of sp³-hybridized carbons (Fsp3) is 0.429. The highest BCUT2D eigenvalue weighted by Gasteiger charge is 2.10. The summed E-state index contributed by atoms with van der Waals surface area (Å²) in [5.41, 5.74) is 0.809. The molecule has 1 aromatic rings. The molecule has 1 rings (SSSR count). The standard InChI is InChI=1S/C14H19NO4S/c1-10(2)7-15-13(16)9-20(19)8-11-4-3-5-12(6-11)14(17)18/h3-6,10H,7-9H2,1-2H3,(H,15,16)(H,17,18). The summed E-state index contributed by atoms with van der Waals surface area (Å²) in [4.78, 5) is 22.4. The second-order valence-corrected chi connectivity index (χ2v) is 6.39. The Kier molecular flexibility index (Phi) is 6.38. The summed E-state index contributed by atoms with van der Waals surface area (Å²) >= 11 is 0. The Morgan fingerprint density at radius 1 is 1.35 bits per heavy atom. The molecule has 0 bridgehead atoms. The number of hydrogen-bond donors (Lipinski definition) is 2. The molecule has 6 heteroatoms. The van der Waals surface area contributed by atoms with Crippen molar-refractivity contribution in [3.63, 3.8) is 0 Å². The van der Waals surface area contributed by atoms with Crippen LogP contribution in [0.2, 0.25) is 0 Å². The number of rotatable bonds is 7. The molecule has 1 aromatic carbocycles. The number of hydrogen-bond acceptors (Lipinski definition) is 3. The van der Waals surface area contributed by atoms with Gasteiger partial charge >= 0.3 is 5.97 Å². The van der Waals surface area contributed by atoms with Gasteiger partial charge in [0, 0.05) is 23.1 Å². The van der Waals surface area contributed by atoms with Crippen molar-refractivity contribution in [1.29, 1.82) is 0 Å². The van der Waals surface area contributed by atoms with Gasteiger partial charge in [0.05, 0.1) is 5.56 Å². The quantitative estimate of drug-likeness (QED) is 0.797. The summed E-state index contributed by atoms with van der Waals surface area (Å²) in [5, 5.41) is 11.6. The van der Waals surface area contributed by atoms with Gasteiger partial charge in [0.15, 0.2) is 0 Å². The topological polar surface area (TPSA) is 83.5 Å². The van der Waals surface area contributed by atoms with E-state index >= 15 is 0 Å². The van der Waals surface area contributed by atoms with Crippen LogP contribution in [-0.4, -0.2) is 33.5 Å². The first-order valence-corrected chi connectivity index (χ1v) is 7.81. The maximum atomic E-state index is 11.9. The maximum absolute atomic E-state index is 11.9. The minimum atomic E-state index is -1.34. The zero-order valence-electron chi connectivity index (χ0n) is 11.6. The van der Waals surface area contributed by atoms with Crippen LogP contribution in [-0.2, 0) is 21.3 Å². The van der Waals surface area contributed by atoms with E-state index in [0.717, 1.165) is 0 Å². The average molecular weight is 297 g/mol. The van der Waals surface area contributed by atoms with Crippen LogP contribution in [0.1, 0.15) is 29.8 Å². The largest absolute Gasteiger partial charge is 0.478 e. The average Bonchev–Trinajstić information content (AvgIpc) is 2.36. The van der Waals surface area contributed by atoms with Crippen molar-refractivity contribution in [3.8, 4) is 0 Å². The van der Waals surface area contributed by atoms with E-state index in [9.17, 15) is 13.8 Å². The van der Waals surface area contributed by atoms with Gasteiger partial charge in [-0.25, -0.2) is 4.79 Å². The first-order chi connectivity index (χ1) is 9.38. The van der Waals surface area contributed by atoms with Crippen LogP contribution in [0.3, 0.4) is 0 Å². The fourth-order valence-electron chi connectivity index (χ4n) is 1.55. The van der Waals surface area contributed by atoms with Gasteiger partial charge in [-0.1, -0.05) is 26.0 Å².